The average molecular weight is 243 g/mol. The molecule has 4 heteroatoms. The zero-order valence-corrected chi connectivity index (χ0v) is 9.72. The highest BCUT2D eigenvalue weighted by atomic mass is 19.4. The molecule has 0 amide bonds. The molecule has 0 spiro atoms. The van der Waals surface area contributed by atoms with Crippen molar-refractivity contribution in [1.82, 2.24) is 5.32 Å². The molecule has 1 N–H and O–H groups in total. The van der Waals surface area contributed by atoms with Crippen LogP contribution in [0.5, 0.6) is 0 Å². The fourth-order valence-corrected chi connectivity index (χ4v) is 2.41. The molecule has 1 aromatic rings. The summed E-state index contributed by atoms with van der Waals surface area (Å²) in [4.78, 5) is 0. The smallest absolute Gasteiger partial charge is 0.319 e. The molecule has 1 fully saturated rings. The van der Waals surface area contributed by atoms with Crippen molar-refractivity contribution in [1.29, 1.82) is 0 Å². The maximum absolute atomic E-state index is 12.4. The van der Waals surface area contributed by atoms with Gasteiger partial charge in [-0.25, -0.2) is 0 Å². The molecule has 0 heterocycles. The van der Waals surface area contributed by atoms with Gasteiger partial charge in [-0.3, -0.25) is 0 Å². The second-order valence-corrected chi connectivity index (χ2v) is 4.71. The fraction of sp³-hybridized carbons (Fsp3) is 0.538. The Labute approximate surface area is 99.0 Å². The van der Waals surface area contributed by atoms with Gasteiger partial charge in [0.05, 0.1) is 5.56 Å². The molecule has 1 aliphatic carbocycles. The van der Waals surface area contributed by atoms with E-state index >= 15 is 0 Å². The normalized spacial score (nSPS) is 24.5. The fourth-order valence-electron chi connectivity index (χ4n) is 2.41. The number of hydrogen-bond donors (Lipinski definition) is 1. The Balaban J connectivity index is 1.96. The molecule has 1 nitrogen and oxygen atoms in total. The first-order valence-electron chi connectivity index (χ1n) is 5.82. The quantitative estimate of drug-likeness (QED) is 0.857. The molecule has 0 saturated heterocycles. The Hall–Kier alpha value is -1.03. The van der Waals surface area contributed by atoms with Crippen molar-refractivity contribution in [2.24, 2.45) is 5.92 Å². The van der Waals surface area contributed by atoms with Gasteiger partial charge in [0.15, 0.2) is 0 Å². The van der Waals surface area contributed by atoms with E-state index in [0.29, 0.717) is 11.8 Å². The predicted molar refractivity (Wildman–Crippen MR) is 60.8 cm³/mol. The molecule has 0 atom stereocenters. The summed E-state index contributed by atoms with van der Waals surface area (Å²) >= 11 is 0. The standard InChI is InChI=1S/C13H16F3N/c1-17-8-9-6-11(7-9)10-2-4-12(5-3-10)13(14,15)16/h2-5,9,11,17H,6-8H2,1H3. The first kappa shape index (κ1) is 12.4. The first-order valence-corrected chi connectivity index (χ1v) is 5.82. The van der Waals surface area contributed by atoms with Crippen LogP contribution in [0, 0.1) is 5.92 Å². The third-order valence-electron chi connectivity index (χ3n) is 3.44. The summed E-state index contributed by atoms with van der Waals surface area (Å²) in [7, 11) is 1.92. The number of nitrogens with one attached hydrogen (secondary N) is 1. The summed E-state index contributed by atoms with van der Waals surface area (Å²) in [5.41, 5.74) is 0.470. The molecule has 1 aromatic carbocycles. The van der Waals surface area contributed by atoms with Gasteiger partial charge in [0.25, 0.3) is 0 Å². The summed E-state index contributed by atoms with van der Waals surface area (Å²) in [5.74, 6) is 1.11. The summed E-state index contributed by atoms with van der Waals surface area (Å²) in [6.07, 6.45) is -2.08. The number of alkyl halides is 3. The minimum Gasteiger partial charge on any atom is -0.319 e. The molecular weight excluding hydrogens is 227 g/mol. The van der Waals surface area contributed by atoms with Crippen LogP contribution in [0.2, 0.25) is 0 Å². The summed E-state index contributed by atoms with van der Waals surface area (Å²) in [6, 6.07) is 5.59. The molecule has 0 radical (unpaired) electrons. The van der Waals surface area contributed by atoms with Gasteiger partial charge in [-0.2, -0.15) is 13.2 Å². The van der Waals surface area contributed by atoms with E-state index in [1.54, 1.807) is 12.1 Å². The molecule has 0 aromatic heterocycles. The van der Waals surface area contributed by atoms with Gasteiger partial charge in [-0.15, -0.1) is 0 Å². The van der Waals surface area contributed by atoms with Crippen molar-refractivity contribution >= 4 is 0 Å². The van der Waals surface area contributed by atoms with E-state index in [1.165, 1.54) is 12.1 Å². The Bertz CT molecular complexity index is 363. The zero-order valence-electron chi connectivity index (χ0n) is 9.72. The van der Waals surface area contributed by atoms with Crippen molar-refractivity contribution in [3.05, 3.63) is 35.4 Å². The molecule has 0 bridgehead atoms. The minimum absolute atomic E-state index is 0.440. The van der Waals surface area contributed by atoms with Gasteiger partial charge >= 0.3 is 6.18 Å². The van der Waals surface area contributed by atoms with Gasteiger partial charge in [-0.1, -0.05) is 12.1 Å². The highest BCUT2D eigenvalue weighted by molar-refractivity contribution is 5.28. The lowest BCUT2D eigenvalue weighted by molar-refractivity contribution is -0.137. The van der Waals surface area contributed by atoms with Crippen LogP contribution in [0.4, 0.5) is 13.2 Å². The molecule has 1 aliphatic rings. The number of rotatable bonds is 3. The van der Waals surface area contributed by atoms with Gasteiger partial charge in [0.2, 0.25) is 0 Å². The maximum atomic E-state index is 12.4. The van der Waals surface area contributed by atoms with Crippen molar-refractivity contribution in [2.45, 2.75) is 24.9 Å². The third kappa shape index (κ3) is 2.80. The molecule has 0 unspecified atom stereocenters. The molecule has 94 valence electrons. The van der Waals surface area contributed by atoms with Gasteiger partial charge in [-0.05, 0) is 56.0 Å². The lowest BCUT2D eigenvalue weighted by Crippen LogP contribution is -2.30. The zero-order chi connectivity index (χ0) is 12.5. The van der Waals surface area contributed by atoms with E-state index in [9.17, 15) is 13.2 Å². The average Bonchev–Trinajstić information content (AvgIpc) is 2.22. The van der Waals surface area contributed by atoms with E-state index in [0.717, 1.165) is 24.9 Å². The van der Waals surface area contributed by atoms with Crippen LogP contribution in [0.3, 0.4) is 0 Å². The molecule has 2 rings (SSSR count). The second kappa shape index (κ2) is 4.69. The number of hydrogen-bond acceptors (Lipinski definition) is 1. The maximum Gasteiger partial charge on any atom is 0.416 e. The van der Waals surface area contributed by atoms with E-state index in [4.69, 9.17) is 0 Å². The summed E-state index contributed by atoms with van der Waals surface area (Å²) < 4.78 is 37.1. The van der Waals surface area contributed by atoms with Crippen LogP contribution in [-0.2, 0) is 6.18 Å². The minimum atomic E-state index is -4.23. The first-order chi connectivity index (χ1) is 8.00. The highest BCUT2D eigenvalue weighted by Crippen LogP contribution is 2.41. The number of halogens is 3. The lowest BCUT2D eigenvalue weighted by Gasteiger charge is -2.35. The Kier molecular flexibility index (Phi) is 3.43. The van der Waals surface area contributed by atoms with Gasteiger partial charge < -0.3 is 5.32 Å². The van der Waals surface area contributed by atoms with Gasteiger partial charge in [0, 0.05) is 0 Å². The molecule has 17 heavy (non-hydrogen) atoms. The topological polar surface area (TPSA) is 12.0 Å². The van der Waals surface area contributed by atoms with Crippen molar-refractivity contribution in [3.63, 3.8) is 0 Å². The van der Waals surface area contributed by atoms with Gasteiger partial charge in [0.1, 0.15) is 0 Å². The van der Waals surface area contributed by atoms with Crippen molar-refractivity contribution in [3.8, 4) is 0 Å². The lowest BCUT2D eigenvalue weighted by atomic mass is 9.71. The van der Waals surface area contributed by atoms with E-state index in [-0.39, 0.29) is 0 Å². The number of benzene rings is 1. The predicted octanol–water partition coefficient (Wildman–Crippen LogP) is 3.42. The monoisotopic (exact) mass is 243 g/mol. The van der Waals surface area contributed by atoms with Crippen LogP contribution >= 0.6 is 0 Å². The van der Waals surface area contributed by atoms with Crippen LogP contribution in [0.15, 0.2) is 24.3 Å². The highest BCUT2D eigenvalue weighted by Gasteiger charge is 2.32. The Morgan fingerprint density at radius 1 is 1.18 bits per heavy atom. The van der Waals surface area contributed by atoms with Crippen LogP contribution in [0.1, 0.15) is 29.9 Å². The molecule has 1 saturated carbocycles. The van der Waals surface area contributed by atoms with Crippen LogP contribution in [0.25, 0.3) is 0 Å². The van der Waals surface area contributed by atoms with Crippen molar-refractivity contribution in [2.75, 3.05) is 13.6 Å². The summed E-state index contributed by atoms with van der Waals surface area (Å²) in [5, 5.41) is 3.12. The Morgan fingerprint density at radius 2 is 1.76 bits per heavy atom. The van der Waals surface area contributed by atoms with Crippen LogP contribution < -0.4 is 5.32 Å². The third-order valence-corrected chi connectivity index (χ3v) is 3.44. The Morgan fingerprint density at radius 3 is 2.24 bits per heavy atom. The van der Waals surface area contributed by atoms with E-state index in [2.05, 4.69) is 5.32 Å². The second-order valence-electron chi connectivity index (χ2n) is 4.71. The molecular formula is C13H16F3N. The van der Waals surface area contributed by atoms with E-state index < -0.39 is 11.7 Å². The largest absolute Gasteiger partial charge is 0.416 e. The van der Waals surface area contributed by atoms with E-state index in [1.807, 2.05) is 7.05 Å². The van der Waals surface area contributed by atoms with Crippen molar-refractivity contribution < 1.29 is 13.2 Å². The molecule has 0 aliphatic heterocycles. The SMILES string of the molecule is CNCC1CC(c2ccc(C(F)(F)F)cc2)C1. The summed E-state index contributed by atoms with van der Waals surface area (Å²) in [6.45, 7) is 0.997. The van der Waals surface area contributed by atoms with Crippen LogP contribution in [-0.4, -0.2) is 13.6 Å².